The Hall–Kier alpha value is -0.200. The van der Waals surface area contributed by atoms with Crippen LogP contribution in [0.25, 0.3) is 0 Å². The molecule has 2 rings (SSSR count). The van der Waals surface area contributed by atoms with Crippen molar-refractivity contribution in [2.75, 3.05) is 23.8 Å². The molecule has 98 valence electrons. The zero-order chi connectivity index (χ0) is 13.0. The molecule has 4 nitrogen and oxygen atoms in total. The molecule has 1 atom stereocenters. The van der Waals surface area contributed by atoms with E-state index >= 15 is 0 Å². The molecule has 1 fully saturated rings. The molecule has 0 radical (unpaired) electrons. The average molecular weight is 320 g/mol. The Bertz CT molecular complexity index is 540. The first kappa shape index (κ1) is 14.2. The fourth-order valence-electron chi connectivity index (χ4n) is 1.45. The van der Waals surface area contributed by atoms with Crippen LogP contribution in [0.15, 0.2) is 16.3 Å². The quantitative estimate of drug-likeness (QED) is 0.915. The van der Waals surface area contributed by atoms with Crippen LogP contribution in [-0.2, 0) is 10.0 Å². The second-order valence-corrected chi connectivity index (χ2v) is 9.29. The second kappa shape index (κ2) is 6.30. The lowest BCUT2D eigenvalue weighted by molar-refractivity contribution is 0.583. The van der Waals surface area contributed by atoms with Crippen LogP contribution in [0, 0.1) is 11.3 Å². The molecule has 1 aliphatic rings. The van der Waals surface area contributed by atoms with Crippen LogP contribution < -0.4 is 4.72 Å². The number of sulfonamides is 1. The van der Waals surface area contributed by atoms with Crippen LogP contribution in [0.1, 0.15) is 4.88 Å². The highest BCUT2D eigenvalue weighted by atomic mass is 32.2. The molecule has 1 unspecified atom stereocenters. The van der Waals surface area contributed by atoms with Gasteiger partial charge in [0.15, 0.2) is 0 Å². The third-order valence-corrected chi connectivity index (χ3v) is 8.09. The Labute approximate surface area is 119 Å². The maximum absolute atomic E-state index is 12.0. The van der Waals surface area contributed by atoms with Gasteiger partial charge < -0.3 is 0 Å². The van der Waals surface area contributed by atoms with E-state index in [1.165, 1.54) is 12.1 Å². The van der Waals surface area contributed by atoms with Crippen LogP contribution in [-0.4, -0.2) is 37.5 Å². The Morgan fingerprint density at radius 3 is 2.89 bits per heavy atom. The number of nitrogens with one attached hydrogen (secondary N) is 1. The van der Waals surface area contributed by atoms with Crippen LogP contribution in [0.3, 0.4) is 0 Å². The summed E-state index contributed by atoms with van der Waals surface area (Å²) >= 11 is 4.68. The van der Waals surface area contributed by atoms with Crippen LogP contribution >= 0.6 is 34.9 Å². The first-order valence-corrected chi connectivity index (χ1v) is 9.81. The van der Waals surface area contributed by atoms with Crippen molar-refractivity contribution in [2.45, 2.75) is 9.46 Å². The summed E-state index contributed by atoms with van der Waals surface area (Å²) in [6, 6.07) is 4.96. The molecule has 1 aromatic heterocycles. The molecule has 1 saturated heterocycles. The molecule has 0 aromatic carbocycles. The van der Waals surface area contributed by atoms with Gasteiger partial charge in [-0.25, -0.2) is 13.1 Å². The largest absolute Gasteiger partial charge is 0.250 e. The summed E-state index contributed by atoms with van der Waals surface area (Å²) in [5.41, 5.74) is 0. The smallest absolute Gasteiger partial charge is 0.209 e. The lowest BCUT2D eigenvalue weighted by Crippen LogP contribution is -2.33. The van der Waals surface area contributed by atoms with Crippen LogP contribution in [0.4, 0.5) is 0 Å². The minimum atomic E-state index is -3.45. The average Bonchev–Trinajstić information content (AvgIpc) is 2.87. The standard InChI is InChI=1S/C10H12N2O2S4/c11-5-8-1-2-10(17-8)18(13,14)12-6-9-7-15-3-4-16-9/h1-2,9,12H,3-4,6-7H2. The molecule has 0 spiro atoms. The van der Waals surface area contributed by atoms with Gasteiger partial charge in [-0.3, -0.25) is 0 Å². The van der Waals surface area contributed by atoms with E-state index < -0.39 is 10.0 Å². The molecule has 0 amide bonds. The summed E-state index contributed by atoms with van der Waals surface area (Å²) in [6.07, 6.45) is 0. The number of rotatable bonds is 4. The van der Waals surface area contributed by atoms with Gasteiger partial charge in [-0.15, -0.1) is 11.3 Å². The van der Waals surface area contributed by atoms with Gasteiger partial charge in [0.2, 0.25) is 10.0 Å². The highest BCUT2D eigenvalue weighted by molar-refractivity contribution is 8.06. The molecule has 1 aliphatic heterocycles. The van der Waals surface area contributed by atoms with E-state index in [0.29, 0.717) is 16.7 Å². The van der Waals surface area contributed by atoms with Gasteiger partial charge >= 0.3 is 0 Å². The number of hydrogen-bond donors (Lipinski definition) is 1. The van der Waals surface area contributed by atoms with Gasteiger partial charge in [-0.2, -0.15) is 28.8 Å². The topological polar surface area (TPSA) is 70.0 Å². The Morgan fingerprint density at radius 2 is 2.28 bits per heavy atom. The second-order valence-electron chi connectivity index (χ2n) is 3.65. The molecule has 0 bridgehead atoms. The number of nitriles is 1. The highest BCUT2D eigenvalue weighted by Gasteiger charge is 2.20. The van der Waals surface area contributed by atoms with Crippen molar-refractivity contribution in [2.24, 2.45) is 0 Å². The summed E-state index contributed by atoms with van der Waals surface area (Å²) in [6.45, 7) is 0.458. The van der Waals surface area contributed by atoms with Crippen molar-refractivity contribution in [3.63, 3.8) is 0 Å². The number of thiophene rings is 1. The lowest BCUT2D eigenvalue weighted by atomic mass is 10.5. The summed E-state index contributed by atoms with van der Waals surface area (Å²) < 4.78 is 26.8. The van der Waals surface area contributed by atoms with Crippen molar-refractivity contribution in [1.29, 1.82) is 5.26 Å². The molecule has 2 heterocycles. The minimum Gasteiger partial charge on any atom is -0.209 e. The Morgan fingerprint density at radius 1 is 1.44 bits per heavy atom. The number of hydrogen-bond acceptors (Lipinski definition) is 6. The number of thioether (sulfide) groups is 2. The van der Waals surface area contributed by atoms with Crippen molar-refractivity contribution in [1.82, 2.24) is 4.72 Å². The fourth-order valence-corrected chi connectivity index (χ4v) is 6.40. The molecular weight excluding hydrogens is 308 g/mol. The van der Waals surface area contributed by atoms with E-state index in [-0.39, 0.29) is 4.21 Å². The molecule has 18 heavy (non-hydrogen) atoms. The molecule has 1 N–H and O–H groups in total. The van der Waals surface area contributed by atoms with E-state index in [9.17, 15) is 8.42 Å². The zero-order valence-corrected chi connectivity index (χ0v) is 12.7. The van der Waals surface area contributed by atoms with Gasteiger partial charge in [-0.05, 0) is 12.1 Å². The number of nitrogens with zero attached hydrogens (tertiary/aromatic N) is 1. The third-order valence-electron chi connectivity index (χ3n) is 2.34. The molecular formula is C10H12N2O2S4. The SMILES string of the molecule is N#Cc1ccc(S(=O)(=O)NCC2CSCCS2)s1. The first-order chi connectivity index (χ1) is 8.62. The molecule has 0 aliphatic carbocycles. The monoisotopic (exact) mass is 320 g/mol. The summed E-state index contributed by atoms with van der Waals surface area (Å²) in [5.74, 6) is 3.21. The lowest BCUT2D eigenvalue weighted by Gasteiger charge is -2.20. The van der Waals surface area contributed by atoms with Gasteiger partial charge in [0.05, 0.1) is 0 Å². The van der Waals surface area contributed by atoms with Gasteiger partial charge in [0, 0.05) is 29.1 Å². The van der Waals surface area contributed by atoms with E-state index in [0.717, 1.165) is 28.6 Å². The minimum absolute atomic E-state index is 0.215. The summed E-state index contributed by atoms with van der Waals surface area (Å²) in [5, 5.41) is 9.03. The molecule has 8 heteroatoms. The maximum atomic E-state index is 12.0. The maximum Gasteiger partial charge on any atom is 0.250 e. The Balaban J connectivity index is 1.96. The third kappa shape index (κ3) is 3.65. The summed E-state index contributed by atoms with van der Waals surface area (Å²) in [7, 11) is -3.45. The van der Waals surface area contributed by atoms with Crippen LogP contribution in [0.2, 0.25) is 0 Å². The van der Waals surface area contributed by atoms with E-state index in [4.69, 9.17) is 5.26 Å². The van der Waals surface area contributed by atoms with Gasteiger partial charge in [-0.1, -0.05) is 0 Å². The predicted molar refractivity (Wildman–Crippen MR) is 77.8 cm³/mol. The van der Waals surface area contributed by atoms with Gasteiger partial charge in [0.25, 0.3) is 0 Å². The normalized spacial score (nSPS) is 20.5. The van der Waals surface area contributed by atoms with Crippen LogP contribution in [0.5, 0.6) is 0 Å². The van der Waals surface area contributed by atoms with E-state index in [1.807, 2.05) is 29.6 Å². The fraction of sp³-hybridized carbons (Fsp3) is 0.500. The van der Waals surface area contributed by atoms with Gasteiger partial charge in [0.1, 0.15) is 15.2 Å². The summed E-state index contributed by atoms with van der Waals surface area (Å²) in [4.78, 5) is 0.415. The molecule has 0 saturated carbocycles. The highest BCUT2D eigenvalue weighted by Crippen LogP contribution is 2.25. The van der Waals surface area contributed by atoms with E-state index in [1.54, 1.807) is 0 Å². The van der Waals surface area contributed by atoms with Crippen molar-refractivity contribution >= 4 is 44.9 Å². The van der Waals surface area contributed by atoms with Crippen molar-refractivity contribution in [3.8, 4) is 6.07 Å². The predicted octanol–water partition coefficient (Wildman–Crippen LogP) is 1.75. The van der Waals surface area contributed by atoms with E-state index in [2.05, 4.69) is 4.72 Å². The van der Waals surface area contributed by atoms with Crippen molar-refractivity contribution < 1.29 is 8.42 Å². The van der Waals surface area contributed by atoms with Crippen molar-refractivity contribution in [3.05, 3.63) is 17.0 Å². The Kier molecular flexibility index (Phi) is 4.98. The zero-order valence-electron chi connectivity index (χ0n) is 9.46. The first-order valence-electron chi connectivity index (χ1n) is 5.31. The molecule has 1 aromatic rings.